The molecular weight excluding hydrogens is 208 g/mol. The van der Waals surface area contributed by atoms with Gasteiger partial charge in [0.05, 0.1) is 12.1 Å². The second-order valence-corrected chi connectivity index (χ2v) is 5.55. The topological polar surface area (TPSA) is 61.8 Å². The van der Waals surface area contributed by atoms with Gasteiger partial charge in [-0.25, -0.2) is 4.79 Å². The smallest absolute Gasteiger partial charge is 0.410 e. The van der Waals surface area contributed by atoms with Crippen LogP contribution in [0, 0.1) is 0 Å². The molecule has 0 saturated carbocycles. The Balaban J connectivity index is 2.57. The van der Waals surface area contributed by atoms with Gasteiger partial charge >= 0.3 is 6.09 Å². The SMILES string of the molecule is CC1(CO)CN(C(=O)OC(C)(C)C)CCN1. The lowest BCUT2D eigenvalue weighted by Gasteiger charge is -2.40. The van der Waals surface area contributed by atoms with Crippen molar-refractivity contribution >= 4 is 6.09 Å². The minimum atomic E-state index is -0.475. The van der Waals surface area contributed by atoms with Crippen LogP contribution in [0.4, 0.5) is 4.79 Å². The molecule has 1 unspecified atom stereocenters. The molecule has 1 fully saturated rings. The van der Waals surface area contributed by atoms with E-state index in [1.165, 1.54) is 0 Å². The molecular formula is C11H22N2O3. The molecule has 1 aliphatic heterocycles. The Morgan fingerprint density at radius 1 is 1.56 bits per heavy atom. The highest BCUT2D eigenvalue weighted by atomic mass is 16.6. The molecule has 16 heavy (non-hydrogen) atoms. The monoisotopic (exact) mass is 230 g/mol. The van der Waals surface area contributed by atoms with Gasteiger partial charge in [0.1, 0.15) is 5.60 Å². The molecule has 0 spiro atoms. The quantitative estimate of drug-likeness (QED) is 0.691. The summed E-state index contributed by atoms with van der Waals surface area (Å²) < 4.78 is 5.29. The Bertz CT molecular complexity index is 262. The summed E-state index contributed by atoms with van der Waals surface area (Å²) in [6.45, 7) is 9.20. The number of carbonyl (C=O) groups is 1. The lowest BCUT2D eigenvalue weighted by molar-refractivity contribution is 0.00815. The molecule has 1 rings (SSSR count). The van der Waals surface area contributed by atoms with E-state index in [1.54, 1.807) is 4.90 Å². The van der Waals surface area contributed by atoms with Gasteiger partial charge in [-0.05, 0) is 27.7 Å². The first-order valence-electron chi connectivity index (χ1n) is 5.60. The second kappa shape index (κ2) is 4.59. The Morgan fingerprint density at radius 2 is 2.19 bits per heavy atom. The van der Waals surface area contributed by atoms with Crippen LogP contribution in [0.25, 0.3) is 0 Å². The van der Waals surface area contributed by atoms with E-state index in [4.69, 9.17) is 4.74 Å². The number of carbonyl (C=O) groups excluding carboxylic acids is 1. The molecule has 1 saturated heterocycles. The Hall–Kier alpha value is -0.810. The number of piperazine rings is 1. The number of nitrogens with one attached hydrogen (secondary N) is 1. The number of ether oxygens (including phenoxy) is 1. The number of nitrogens with zero attached hydrogens (tertiary/aromatic N) is 1. The third-order valence-corrected chi connectivity index (χ3v) is 2.47. The zero-order valence-corrected chi connectivity index (χ0v) is 10.5. The molecule has 0 aromatic heterocycles. The summed E-state index contributed by atoms with van der Waals surface area (Å²) in [4.78, 5) is 13.4. The van der Waals surface area contributed by atoms with Crippen molar-refractivity contribution in [3.8, 4) is 0 Å². The molecule has 94 valence electrons. The number of amides is 1. The van der Waals surface area contributed by atoms with E-state index in [-0.39, 0.29) is 12.7 Å². The van der Waals surface area contributed by atoms with Gasteiger partial charge in [0.15, 0.2) is 0 Å². The maximum absolute atomic E-state index is 11.8. The van der Waals surface area contributed by atoms with Crippen LogP contribution in [-0.2, 0) is 4.74 Å². The Kier molecular flexibility index (Phi) is 3.80. The van der Waals surface area contributed by atoms with Crippen LogP contribution < -0.4 is 5.32 Å². The summed E-state index contributed by atoms with van der Waals surface area (Å²) in [7, 11) is 0. The summed E-state index contributed by atoms with van der Waals surface area (Å²) in [6.07, 6.45) is -0.311. The van der Waals surface area contributed by atoms with Crippen LogP contribution in [0.5, 0.6) is 0 Å². The summed E-state index contributed by atoms with van der Waals surface area (Å²) >= 11 is 0. The molecule has 0 aliphatic carbocycles. The highest BCUT2D eigenvalue weighted by molar-refractivity contribution is 5.68. The van der Waals surface area contributed by atoms with Crippen LogP contribution in [0.2, 0.25) is 0 Å². The second-order valence-electron chi connectivity index (χ2n) is 5.55. The normalized spacial score (nSPS) is 26.7. The van der Waals surface area contributed by atoms with Crippen molar-refractivity contribution in [1.29, 1.82) is 0 Å². The number of aliphatic hydroxyl groups excluding tert-OH is 1. The predicted octanol–water partition coefficient (Wildman–Crippen LogP) is 0.578. The largest absolute Gasteiger partial charge is 0.444 e. The molecule has 1 aliphatic rings. The molecule has 1 amide bonds. The van der Waals surface area contributed by atoms with Crippen molar-refractivity contribution in [2.75, 3.05) is 26.2 Å². The van der Waals surface area contributed by atoms with Gasteiger partial charge < -0.3 is 20.1 Å². The van der Waals surface area contributed by atoms with Crippen molar-refractivity contribution in [1.82, 2.24) is 10.2 Å². The van der Waals surface area contributed by atoms with Crippen molar-refractivity contribution in [2.24, 2.45) is 0 Å². The average molecular weight is 230 g/mol. The molecule has 0 radical (unpaired) electrons. The van der Waals surface area contributed by atoms with Gasteiger partial charge in [0.25, 0.3) is 0 Å². The molecule has 5 nitrogen and oxygen atoms in total. The van der Waals surface area contributed by atoms with Gasteiger partial charge in [-0.15, -0.1) is 0 Å². The van der Waals surface area contributed by atoms with Crippen molar-refractivity contribution in [3.63, 3.8) is 0 Å². The standard InChI is InChI=1S/C11H22N2O3/c1-10(2,3)16-9(15)13-6-5-12-11(4,7-13)8-14/h12,14H,5-8H2,1-4H3. The fraction of sp³-hybridized carbons (Fsp3) is 0.909. The number of aliphatic hydroxyl groups is 1. The summed E-state index contributed by atoms with van der Waals surface area (Å²) in [5, 5.41) is 12.4. The van der Waals surface area contributed by atoms with Crippen LogP contribution in [-0.4, -0.2) is 53.5 Å². The summed E-state index contributed by atoms with van der Waals surface area (Å²) in [5.41, 5.74) is -0.896. The Morgan fingerprint density at radius 3 is 2.69 bits per heavy atom. The van der Waals surface area contributed by atoms with E-state index in [0.717, 1.165) is 0 Å². The number of rotatable bonds is 1. The molecule has 1 atom stereocenters. The lowest BCUT2D eigenvalue weighted by Crippen LogP contribution is -2.62. The fourth-order valence-electron chi connectivity index (χ4n) is 1.64. The minimum absolute atomic E-state index is 0.00625. The third-order valence-electron chi connectivity index (χ3n) is 2.47. The summed E-state index contributed by atoms with van der Waals surface area (Å²) in [6, 6.07) is 0. The molecule has 0 bridgehead atoms. The molecule has 5 heteroatoms. The lowest BCUT2D eigenvalue weighted by atomic mass is 10.0. The third kappa shape index (κ3) is 3.64. The van der Waals surface area contributed by atoms with Crippen molar-refractivity contribution in [2.45, 2.75) is 38.8 Å². The zero-order valence-electron chi connectivity index (χ0n) is 10.5. The van der Waals surface area contributed by atoms with Crippen molar-refractivity contribution < 1.29 is 14.6 Å². The molecule has 2 N–H and O–H groups in total. The first-order chi connectivity index (χ1) is 7.26. The van der Waals surface area contributed by atoms with Gasteiger partial charge in [0.2, 0.25) is 0 Å². The predicted molar refractivity (Wildman–Crippen MR) is 61.3 cm³/mol. The first kappa shape index (κ1) is 13.3. The minimum Gasteiger partial charge on any atom is -0.444 e. The van der Waals surface area contributed by atoms with E-state index in [1.807, 2.05) is 27.7 Å². The van der Waals surface area contributed by atoms with Crippen LogP contribution in [0.1, 0.15) is 27.7 Å². The van der Waals surface area contributed by atoms with E-state index in [9.17, 15) is 9.90 Å². The molecule has 0 aromatic carbocycles. The Labute approximate surface area is 96.8 Å². The maximum atomic E-state index is 11.8. The van der Waals surface area contributed by atoms with Crippen LogP contribution in [0.15, 0.2) is 0 Å². The van der Waals surface area contributed by atoms with E-state index >= 15 is 0 Å². The molecule has 1 heterocycles. The number of hydrogen-bond donors (Lipinski definition) is 2. The fourth-order valence-corrected chi connectivity index (χ4v) is 1.64. The van der Waals surface area contributed by atoms with E-state index < -0.39 is 11.1 Å². The first-order valence-corrected chi connectivity index (χ1v) is 5.60. The van der Waals surface area contributed by atoms with Gasteiger partial charge in [0, 0.05) is 19.6 Å². The highest BCUT2D eigenvalue weighted by Gasteiger charge is 2.33. The zero-order chi connectivity index (χ0) is 12.4. The average Bonchev–Trinajstić information content (AvgIpc) is 2.15. The van der Waals surface area contributed by atoms with Gasteiger partial charge in [-0.2, -0.15) is 0 Å². The highest BCUT2D eigenvalue weighted by Crippen LogP contribution is 2.15. The summed E-state index contributed by atoms with van der Waals surface area (Å²) in [5.74, 6) is 0. The van der Waals surface area contributed by atoms with E-state index in [0.29, 0.717) is 19.6 Å². The van der Waals surface area contributed by atoms with Gasteiger partial charge in [-0.3, -0.25) is 0 Å². The van der Waals surface area contributed by atoms with Crippen LogP contribution >= 0.6 is 0 Å². The van der Waals surface area contributed by atoms with Crippen LogP contribution in [0.3, 0.4) is 0 Å². The number of hydrogen-bond acceptors (Lipinski definition) is 4. The molecule has 0 aromatic rings. The maximum Gasteiger partial charge on any atom is 0.410 e. The van der Waals surface area contributed by atoms with Gasteiger partial charge in [-0.1, -0.05) is 0 Å². The van der Waals surface area contributed by atoms with Crippen molar-refractivity contribution in [3.05, 3.63) is 0 Å². The van der Waals surface area contributed by atoms with E-state index in [2.05, 4.69) is 5.32 Å².